The summed E-state index contributed by atoms with van der Waals surface area (Å²) >= 11 is 0. The maximum atomic E-state index is 11.1. The van der Waals surface area contributed by atoms with E-state index in [2.05, 4.69) is 0 Å². The van der Waals surface area contributed by atoms with E-state index >= 15 is 0 Å². The summed E-state index contributed by atoms with van der Waals surface area (Å²) in [5.74, 6) is -2.09. The van der Waals surface area contributed by atoms with Crippen LogP contribution >= 0.6 is 0 Å². The predicted molar refractivity (Wildman–Crippen MR) is 44.5 cm³/mol. The van der Waals surface area contributed by atoms with Crippen molar-refractivity contribution in [3.8, 4) is 0 Å². The summed E-state index contributed by atoms with van der Waals surface area (Å²) in [7, 11) is 0. The molecule has 0 aromatic carbocycles. The Morgan fingerprint density at radius 2 is 1.85 bits per heavy atom. The van der Waals surface area contributed by atoms with Crippen molar-refractivity contribution < 1.29 is 14.8 Å². The molecule has 0 saturated heterocycles. The maximum absolute atomic E-state index is 11.1. The summed E-state index contributed by atoms with van der Waals surface area (Å²) in [4.78, 5) is 22.0. The van der Waals surface area contributed by atoms with Gasteiger partial charge in [0.2, 0.25) is 11.8 Å². The third kappa shape index (κ3) is 2.06. The first-order valence-electron chi connectivity index (χ1n) is 4.05. The number of carbonyl (C=O) groups excluding carboxylic acids is 2. The highest BCUT2D eigenvalue weighted by molar-refractivity contribution is 5.86. The summed E-state index contributed by atoms with van der Waals surface area (Å²) < 4.78 is 0. The molecular weight excluding hydrogens is 172 g/mol. The van der Waals surface area contributed by atoms with E-state index in [1.165, 1.54) is 5.48 Å². The van der Waals surface area contributed by atoms with Gasteiger partial charge >= 0.3 is 0 Å². The van der Waals surface area contributed by atoms with Gasteiger partial charge in [-0.05, 0) is 12.8 Å². The molecule has 5 nitrogen and oxygen atoms in total. The fraction of sp³-hybridized carbons (Fsp3) is 0.500. The minimum Gasteiger partial charge on any atom is -0.369 e. The monoisotopic (exact) mass is 184 g/mol. The first-order valence-corrected chi connectivity index (χ1v) is 4.05. The number of amides is 2. The highest BCUT2D eigenvalue weighted by atomic mass is 16.5. The molecule has 5 heteroatoms. The van der Waals surface area contributed by atoms with Crippen molar-refractivity contribution in [2.24, 2.45) is 17.6 Å². The second-order valence-electron chi connectivity index (χ2n) is 3.03. The summed E-state index contributed by atoms with van der Waals surface area (Å²) in [5, 5.41) is 8.41. The molecule has 0 aliphatic heterocycles. The van der Waals surface area contributed by atoms with Crippen LogP contribution in [0.25, 0.3) is 0 Å². The molecule has 1 aliphatic carbocycles. The Labute approximate surface area is 75.6 Å². The Balaban J connectivity index is 2.75. The molecule has 0 heterocycles. The molecule has 72 valence electrons. The van der Waals surface area contributed by atoms with Crippen LogP contribution in [0.1, 0.15) is 12.8 Å². The van der Waals surface area contributed by atoms with Crippen LogP contribution in [0.3, 0.4) is 0 Å². The molecule has 0 saturated carbocycles. The number of hydrogen-bond donors (Lipinski definition) is 3. The van der Waals surface area contributed by atoms with Crippen LogP contribution in [0.15, 0.2) is 12.2 Å². The van der Waals surface area contributed by atoms with Gasteiger partial charge in [-0.3, -0.25) is 14.8 Å². The highest BCUT2D eigenvalue weighted by Gasteiger charge is 2.32. The second-order valence-corrected chi connectivity index (χ2v) is 3.03. The predicted octanol–water partition coefficient (Wildman–Crippen LogP) is -0.441. The SMILES string of the molecule is NC(=O)[C@H]1CC=CC[C@H]1C(=O)NO. The van der Waals surface area contributed by atoms with Gasteiger partial charge in [0.05, 0.1) is 11.8 Å². The Bertz CT molecular complexity index is 250. The van der Waals surface area contributed by atoms with Crippen molar-refractivity contribution in [3.05, 3.63) is 12.2 Å². The first kappa shape index (κ1) is 9.73. The van der Waals surface area contributed by atoms with Gasteiger partial charge in [0.1, 0.15) is 0 Å². The number of allylic oxidation sites excluding steroid dienone is 2. The van der Waals surface area contributed by atoms with E-state index in [0.717, 1.165) is 0 Å². The molecule has 4 N–H and O–H groups in total. The molecule has 1 aliphatic rings. The smallest absolute Gasteiger partial charge is 0.247 e. The Kier molecular flexibility index (Phi) is 3.02. The van der Waals surface area contributed by atoms with Gasteiger partial charge in [0, 0.05) is 0 Å². The quantitative estimate of drug-likeness (QED) is 0.308. The van der Waals surface area contributed by atoms with Crippen molar-refractivity contribution in [3.63, 3.8) is 0 Å². The van der Waals surface area contributed by atoms with Crippen LogP contribution in [0.5, 0.6) is 0 Å². The Hall–Kier alpha value is -1.36. The van der Waals surface area contributed by atoms with Gasteiger partial charge in [-0.1, -0.05) is 12.2 Å². The normalized spacial score (nSPS) is 26.8. The highest BCUT2D eigenvalue weighted by Crippen LogP contribution is 2.25. The Morgan fingerprint density at radius 3 is 2.31 bits per heavy atom. The molecule has 0 bridgehead atoms. The first-order chi connectivity index (χ1) is 6.16. The van der Waals surface area contributed by atoms with E-state index < -0.39 is 23.7 Å². The zero-order valence-electron chi connectivity index (χ0n) is 7.06. The number of hydrogen-bond acceptors (Lipinski definition) is 3. The van der Waals surface area contributed by atoms with Crippen molar-refractivity contribution in [1.82, 2.24) is 5.48 Å². The van der Waals surface area contributed by atoms with Crippen molar-refractivity contribution >= 4 is 11.8 Å². The largest absolute Gasteiger partial charge is 0.369 e. The number of rotatable bonds is 2. The molecule has 0 unspecified atom stereocenters. The zero-order valence-corrected chi connectivity index (χ0v) is 7.06. The molecule has 0 fully saturated rings. The van der Waals surface area contributed by atoms with E-state index in [1.807, 2.05) is 6.08 Å². The molecule has 1 rings (SSSR count). The summed E-state index contributed by atoms with van der Waals surface area (Å²) in [6, 6.07) is 0. The van der Waals surface area contributed by atoms with Gasteiger partial charge < -0.3 is 5.73 Å². The van der Waals surface area contributed by atoms with E-state index in [9.17, 15) is 9.59 Å². The minimum absolute atomic E-state index is 0.444. The lowest BCUT2D eigenvalue weighted by molar-refractivity contribution is -0.139. The molecule has 2 atom stereocenters. The molecule has 0 aromatic heterocycles. The van der Waals surface area contributed by atoms with Gasteiger partial charge in [-0.15, -0.1) is 0 Å². The van der Waals surface area contributed by atoms with Crippen molar-refractivity contribution in [2.45, 2.75) is 12.8 Å². The van der Waals surface area contributed by atoms with E-state index in [1.54, 1.807) is 6.08 Å². The lowest BCUT2D eigenvalue weighted by atomic mass is 9.82. The fourth-order valence-corrected chi connectivity index (χ4v) is 1.50. The van der Waals surface area contributed by atoms with Crippen LogP contribution < -0.4 is 11.2 Å². The second kappa shape index (κ2) is 4.04. The molecular formula is C8H12N2O3. The number of nitrogens with one attached hydrogen (secondary N) is 1. The maximum Gasteiger partial charge on any atom is 0.247 e. The summed E-state index contributed by atoms with van der Waals surface area (Å²) in [6.07, 6.45) is 4.53. The molecule has 0 spiro atoms. The van der Waals surface area contributed by atoms with Crippen molar-refractivity contribution in [1.29, 1.82) is 0 Å². The zero-order chi connectivity index (χ0) is 9.84. The summed E-state index contributed by atoms with van der Waals surface area (Å²) in [6.45, 7) is 0. The number of carbonyl (C=O) groups is 2. The van der Waals surface area contributed by atoms with E-state index in [-0.39, 0.29) is 0 Å². The van der Waals surface area contributed by atoms with Crippen LogP contribution in [0.4, 0.5) is 0 Å². The lowest BCUT2D eigenvalue weighted by Crippen LogP contribution is -2.39. The van der Waals surface area contributed by atoms with E-state index in [0.29, 0.717) is 12.8 Å². The topological polar surface area (TPSA) is 92.4 Å². The number of nitrogens with two attached hydrogens (primary N) is 1. The third-order valence-electron chi connectivity index (χ3n) is 2.24. The minimum atomic E-state index is -0.548. The van der Waals surface area contributed by atoms with Gasteiger partial charge in [-0.25, -0.2) is 5.48 Å². The van der Waals surface area contributed by atoms with Crippen LogP contribution in [-0.4, -0.2) is 17.0 Å². The molecule has 2 amide bonds. The molecule has 13 heavy (non-hydrogen) atoms. The van der Waals surface area contributed by atoms with Gasteiger partial charge in [0.25, 0.3) is 0 Å². The summed E-state index contributed by atoms with van der Waals surface area (Å²) in [5.41, 5.74) is 6.65. The average molecular weight is 184 g/mol. The standard InChI is InChI=1S/C8H12N2O3/c9-7(11)5-3-1-2-4-6(5)8(12)10-13/h1-2,5-6,13H,3-4H2,(H2,9,11)(H,10,12)/t5-,6+/m0/s1. The number of hydroxylamine groups is 1. The van der Waals surface area contributed by atoms with Crippen LogP contribution in [-0.2, 0) is 9.59 Å². The molecule has 0 aromatic rings. The Morgan fingerprint density at radius 1 is 1.31 bits per heavy atom. The fourth-order valence-electron chi connectivity index (χ4n) is 1.50. The molecule has 0 radical (unpaired) electrons. The van der Waals surface area contributed by atoms with Crippen LogP contribution in [0.2, 0.25) is 0 Å². The third-order valence-corrected chi connectivity index (χ3v) is 2.24. The lowest BCUT2D eigenvalue weighted by Gasteiger charge is -2.23. The van der Waals surface area contributed by atoms with Crippen LogP contribution in [0, 0.1) is 11.8 Å². The van der Waals surface area contributed by atoms with Gasteiger partial charge in [0.15, 0.2) is 0 Å². The van der Waals surface area contributed by atoms with Crippen molar-refractivity contribution in [2.75, 3.05) is 0 Å². The van der Waals surface area contributed by atoms with Gasteiger partial charge in [-0.2, -0.15) is 0 Å². The number of primary amides is 1. The average Bonchev–Trinajstić information content (AvgIpc) is 2.16. The van der Waals surface area contributed by atoms with E-state index in [4.69, 9.17) is 10.9 Å².